The smallest absolute Gasteiger partial charge is 0.135 e. The lowest BCUT2D eigenvalue weighted by molar-refractivity contribution is 0.446. The van der Waals surface area contributed by atoms with E-state index in [2.05, 4.69) is 86.0 Å². The van der Waals surface area contributed by atoms with E-state index >= 15 is 0 Å². The topological polar surface area (TPSA) is 36.9 Å². The maximum absolute atomic E-state index is 6.55. The number of benzene rings is 9. The van der Waals surface area contributed by atoms with Crippen LogP contribution >= 0.6 is 0 Å². The largest absolute Gasteiger partial charge is 0.457 e. The van der Waals surface area contributed by atoms with Crippen LogP contribution in [0.5, 0.6) is 40.2 Å². The minimum Gasteiger partial charge on any atom is -0.457 e. The molecule has 0 N–H and O–H groups in total. The van der Waals surface area contributed by atoms with E-state index in [4.69, 9.17) is 18.9 Å². The van der Waals surface area contributed by atoms with E-state index in [1.807, 2.05) is 152 Å². The van der Waals surface area contributed by atoms with Crippen molar-refractivity contribution >= 4 is 0 Å². The van der Waals surface area contributed by atoms with Gasteiger partial charge in [-0.05, 0) is 125 Å². The second-order valence-corrected chi connectivity index (χ2v) is 15.4. The van der Waals surface area contributed by atoms with E-state index in [9.17, 15) is 0 Å². The van der Waals surface area contributed by atoms with E-state index in [-0.39, 0.29) is 0 Å². The van der Waals surface area contributed by atoms with Gasteiger partial charge in [-0.15, -0.1) is 0 Å². The van der Waals surface area contributed by atoms with Gasteiger partial charge in [0.1, 0.15) is 46.0 Å². The van der Waals surface area contributed by atoms with E-state index in [1.54, 1.807) is 18.2 Å². The van der Waals surface area contributed by atoms with Gasteiger partial charge < -0.3 is 18.9 Å². The Labute approximate surface area is 381 Å². The Bertz CT molecular complexity index is 2990. The lowest BCUT2D eigenvalue weighted by atomic mass is 9.90. The summed E-state index contributed by atoms with van der Waals surface area (Å²) in [5, 5.41) is 0. The average Bonchev–Trinajstić information content (AvgIpc) is 3.35. The second-order valence-electron chi connectivity index (χ2n) is 15.4. The second kappa shape index (κ2) is 20.1. The molecule has 0 bridgehead atoms. The molecular formula is C61H46O4. The zero-order chi connectivity index (χ0) is 44.2. The van der Waals surface area contributed by atoms with Gasteiger partial charge in [0.05, 0.1) is 0 Å². The van der Waals surface area contributed by atoms with Crippen molar-refractivity contribution in [3.8, 4) is 84.8 Å². The van der Waals surface area contributed by atoms with Gasteiger partial charge in [-0.3, -0.25) is 0 Å². The Morgan fingerprint density at radius 2 is 0.662 bits per heavy atom. The van der Waals surface area contributed by atoms with Crippen molar-refractivity contribution in [2.45, 2.75) is 6.42 Å². The lowest BCUT2D eigenvalue weighted by Crippen LogP contribution is -1.97. The van der Waals surface area contributed by atoms with Gasteiger partial charge in [0.15, 0.2) is 0 Å². The lowest BCUT2D eigenvalue weighted by Gasteiger charge is -2.18. The number of hydrogen-bond donors (Lipinski definition) is 0. The molecule has 9 aromatic carbocycles. The molecule has 9 aromatic rings. The zero-order valence-electron chi connectivity index (χ0n) is 35.8. The third-order valence-corrected chi connectivity index (χ3v) is 10.8. The summed E-state index contributed by atoms with van der Waals surface area (Å²) in [7, 11) is 0. The molecule has 0 saturated heterocycles. The Morgan fingerprint density at radius 1 is 0.354 bits per heavy atom. The molecule has 0 fully saturated rings. The van der Waals surface area contributed by atoms with Crippen LogP contribution in [0.25, 0.3) is 44.5 Å². The molecule has 0 aliphatic rings. The van der Waals surface area contributed by atoms with Gasteiger partial charge in [0.25, 0.3) is 0 Å². The molecule has 0 aromatic heterocycles. The number of allylic oxidation sites excluding steroid dienone is 3. The molecule has 0 radical (unpaired) electrons. The molecule has 0 heterocycles. The summed E-state index contributed by atoms with van der Waals surface area (Å²) < 4.78 is 26.1. The molecule has 65 heavy (non-hydrogen) atoms. The molecule has 4 nitrogen and oxygen atoms in total. The highest BCUT2D eigenvalue weighted by molar-refractivity contribution is 5.82. The summed E-state index contributed by atoms with van der Waals surface area (Å²) in [6.45, 7) is 7.85. The first-order valence-corrected chi connectivity index (χ1v) is 21.6. The van der Waals surface area contributed by atoms with Crippen LogP contribution in [0.15, 0.2) is 262 Å². The van der Waals surface area contributed by atoms with E-state index < -0.39 is 0 Å². The van der Waals surface area contributed by atoms with Gasteiger partial charge in [-0.25, -0.2) is 0 Å². The summed E-state index contributed by atoms with van der Waals surface area (Å²) in [4.78, 5) is 0. The summed E-state index contributed by atoms with van der Waals surface area (Å²) in [6, 6.07) is 75.8. The minimum atomic E-state index is 0.600. The van der Waals surface area contributed by atoms with Gasteiger partial charge in [-0.1, -0.05) is 171 Å². The van der Waals surface area contributed by atoms with Crippen LogP contribution in [0.3, 0.4) is 0 Å². The highest BCUT2D eigenvalue weighted by Crippen LogP contribution is 2.42. The van der Waals surface area contributed by atoms with Gasteiger partial charge >= 0.3 is 0 Å². The average molecular weight is 843 g/mol. The van der Waals surface area contributed by atoms with E-state index in [0.717, 1.165) is 90.1 Å². The Balaban J connectivity index is 1.20. The zero-order valence-corrected chi connectivity index (χ0v) is 35.8. The van der Waals surface area contributed by atoms with Gasteiger partial charge in [-0.2, -0.15) is 0 Å². The summed E-state index contributed by atoms with van der Waals surface area (Å²) in [5.74, 6) is 5.87. The molecule has 0 aliphatic heterocycles. The van der Waals surface area contributed by atoms with Crippen LogP contribution < -0.4 is 18.9 Å². The van der Waals surface area contributed by atoms with Crippen LogP contribution in [0.1, 0.15) is 11.1 Å². The van der Waals surface area contributed by atoms with E-state index in [1.165, 1.54) is 0 Å². The van der Waals surface area contributed by atoms with Crippen molar-refractivity contribution in [1.29, 1.82) is 0 Å². The maximum atomic E-state index is 6.55. The van der Waals surface area contributed by atoms with Crippen molar-refractivity contribution in [3.05, 3.63) is 273 Å². The monoisotopic (exact) mass is 842 g/mol. The number of ether oxygens (including phenoxy) is 4. The first-order chi connectivity index (χ1) is 32.1. The molecule has 314 valence electrons. The molecule has 9 rings (SSSR count). The molecule has 0 spiro atoms. The molecular weight excluding hydrogens is 797 g/mol. The van der Waals surface area contributed by atoms with Crippen LogP contribution in [0.2, 0.25) is 0 Å². The molecule has 0 unspecified atom stereocenters. The predicted octanol–water partition coefficient (Wildman–Crippen LogP) is 17.0. The van der Waals surface area contributed by atoms with Crippen LogP contribution in [0, 0.1) is 0 Å². The van der Waals surface area contributed by atoms with Crippen LogP contribution in [-0.2, 0) is 6.42 Å². The molecule has 4 heteroatoms. The maximum Gasteiger partial charge on any atom is 0.135 e. The number of hydrogen-bond acceptors (Lipinski definition) is 4. The molecule has 0 saturated carbocycles. The summed E-state index contributed by atoms with van der Waals surface area (Å²) in [5.41, 5.74) is 10.1. The van der Waals surface area contributed by atoms with Crippen LogP contribution in [0.4, 0.5) is 0 Å². The van der Waals surface area contributed by atoms with Gasteiger partial charge in [0.2, 0.25) is 0 Å². The highest BCUT2D eigenvalue weighted by atomic mass is 16.5. The SMILES string of the molecule is C=C/C=C(\C=C)Oc1ccccc1-c1cc(Cc2cc(-c3ccccc3Oc3ccccc3)cc(-c3ccccc3Oc3ccccc3)c2)cc(-c2ccccc2Oc2ccccc2)c1. The predicted molar refractivity (Wildman–Crippen MR) is 266 cm³/mol. The fourth-order valence-corrected chi connectivity index (χ4v) is 7.86. The fourth-order valence-electron chi connectivity index (χ4n) is 7.86. The molecule has 0 atom stereocenters. The standard InChI is InChI=1S/C61H46O4/c1-3-22-50(4-2)62-58-33-18-14-29-54(58)46-38-44(39-47(42-46)55-30-15-19-34-59(55)63-51-23-8-5-9-24-51)37-45-40-48(56-31-16-20-35-60(56)64-52-25-10-6-11-26-52)43-49(41-45)57-32-17-21-36-61(57)65-53-27-12-7-13-28-53/h3-36,38-43H,1-2,37H2/b50-22+. The van der Waals surface area contributed by atoms with Crippen LogP contribution in [-0.4, -0.2) is 0 Å². The Hall–Kier alpha value is -8.60. The summed E-state index contributed by atoms with van der Waals surface area (Å²) in [6.07, 6.45) is 5.79. The Morgan fingerprint density at radius 3 is 1.00 bits per heavy atom. The first kappa shape index (κ1) is 41.7. The van der Waals surface area contributed by atoms with Gasteiger partial charge in [0, 0.05) is 22.3 Å². The Kier molecular flexibility index (Phi) is 12.9. The quantitative estimate of drug-likeness (QED) is 0.0717. The van der Waals surface area contributed by atoms with Crippen molar-refractivity contribution in [2.75, 3.05) is 0 Å². The minimum absolute atomic E-state index is 0.600. The van der Waals surface area contributed by atoms with Crippen molar-refractivity contribution in [3.63, 3.8) is 0 Å². The van der Waals surface area contributed by atoms with Crippen molar-refractivity contribution < 1.29 is 18.9 Å². The summed E-state index contributed by atoms with van der Waals surface area (Å²) >= 11 is 0. The fraction of sp³-hybridized carbons (Fsp3) is 0.0164. The number of para-hydroxylation sites is 7. The number of rotatable bonds is 16. The molecule has 0 aliphatic carbocycles. The molecule has 0 amide bonds. The highest BCUT2D eigenvalue weighted by Gasteiger charge is 2.17. The third kappa shape index (κ3) is 10.2. The first-order valence-electron chi connectivity index (χ1n) is 21.6. The van der Waals surface area contributed by atoms with Crippen molar-refractivity contribution in [2.24, 2.45) is 0 Å². The van der Waals surface area contributed by atoms with Crippen molar-refractivity contribution in [1.82, 2.24) is 0 Å². The van der Waals surface area contributed by atoms with E-state index in [0.29, 0.717) is 17.9 Å². The normalized spacial score (nSPS) is 11.0. The third-order valence-electron chi connectivity index (χ3n) is 10.8.